The molecule has 0 saturated heterocycles. The van der Waals surface area contributed by atoms with Crippen LogP contribution in [0.4, 0.5) is 0 Å². The molecule has 28 heavy (non-hydrogen) atoms. The van der Waals surface area contributed by atoms with Crippen molar-refractivity contribution in [2.45, 2.75) is 39.7 Å². The van der Waals surface area contributed by atoms with Gasteiger partial charge in [0.05, 0.1) is 6.61 Å². The van der Waals surface area contributed by atoms with E-state index in [1.165, 1.54) is 6.33 Å². The molecule has 0 unspecified atom stereocenters. The molecule has 1 atom stereocenters. The van der Waals surface area contributed by atoms with Gasteiger partial charge in [-0.1, -0.05) is 32.3 Å². The molecule has 0 saturated carbocycles. The van der Waals surface area contributed by atoms with Gasteiger partial charge in [-0.15, -0.1) is 0 Å². The minimum atomic E-state index is -0.433. The fraction of sp³-hybridized carbons (Fsp3) is 0.421. The van der Waals surface area contributed by atoms with Gasteiger partial charge in [0, 0.05) is 5.56 Å². The molecule has 0 fully saturated rings. The number of rotatable bonds is 9. The van der Waals surface area contributed by atoms with Crippen LogP contribution >= 0.6 is 0 Å². The maximum absolute atomic E-state index is 12.7. The Morgan fingerprint density at radius 3 is 2.71 bits per heavy atom. The second-order valence-electron chi connectivity index (χ2n) is 6.71. The molecule has 148 valence electrons. The van der Waals surface area contributed by atoms with Crippen LogP contribution in [0.1, 0.15) is 55.9 Å². The van der Waals surface area contributed by atoms with Crippen molar-refractivity contribution in [2.24, 2.45) is 5.92 Å². The van der Waals surface area contributed by atoms with Crippen molar-refractivity contribution in [1.29, 1.82) is 0 Å². The standard InChI is InChI=1S/C19H24N6O3/c1-4-5-10-27-14-8-6-13(7-9-14)18(26)22-15(12(2)3)19-23-17(25-28-19)16-20-11-21-24-16/h6-9,11-12,15H,4-5,10H2,1-3H3,(H,22,26)(H,20,21,24)/t15-/m1/s1. The number of aromatic amines is 1. The van der Waals surface area contributed by atoms with E-state index in [2.05, 4.69) is 37.6 Å². The fourth-order valence-electron chi connectivity index (χ4n) is 2.55. The van der Waals surface area contributed by atoms with E-state index in [-0.39, 0.29) is 11.8 Å². The third kappa shape index (κ3) is 4.73. The number of hydrogen-bond acceptors (Lipinski definition) is 7. The summed E-state index contributed by atoms with van der Waals surface area (Å²) in [6, 6.07) is 6.63. The van der Waals surface area contributed by atoms with Gasteiger partial charge >= 0.3 is 0 Å². The van der Waals surface area contributed by atoms with Gasteiger partial charge in [-0.25, -0.2) is 4.98 Å². The first-order valence-corrected chi connectivity index (χ1v) is 9.31. The molecule has 9 nitrogen and oxygen atoms in total. The molecule has 3 rings (SSSR count). The predicted octanol–water partition coefficient (Wildman–Crippen LogP) is 3.16. The summed E-state index contributed by atoms with van der Waals surface area (Å²) in [6.07, 6.45) is 3.44. The monoisotopic (exact) mass is 384 g/mol. The number of amides is 1. The number of carbonyl (C=O) groups excluding carboxylic acids is 1. The first kappa shape index (κ1) is 19.5. The van der Waals surface area contributed by atoms with Gasteiger partial charge in [0.2, 0.25) is 11.7 Å². The van der Waals surface area contributed by atoms with Crippen LogP contribution < -0.4 is 10.1 Å². The Hall–Kier alpha value is -3.23. The smallest absolute Gasteiger partial charge is 0.251 e. The molecule has 1 amide bonds. The summed E-state index contributed by atoms with van der Waals surface area (Å²) in [7, 11) is 0. The van der Waals surface area contributed by atoms with E-state index in [1.54, 1.807) is 24.3 Å². The summed E-state index contributed by atoms with van der Waals surface area (Å²) in [4.78, 5) is 21.0. The quantitative estimate of drug-likeness (QED) is 0.544. The highest BCUT2D eigenvalue weighted by atomic mass is 16.5. The Bertz CT molecular complexity index is 873. The number of aromatic nitrogens is 5. The van der Waals surface area contributed by atoms with E-state index in [9.17, 15) is 4.79 Å². The maximum Gasteiger partial charge on any atom is 0.251 e. The Balaban J connectivity index is 1.68. The van der Waals surface area contributed by atoms with Crippen molar-refractivity contribution < 1.29 is 14.1 Å². The normalized spacial score (nSPS) is 12.1. The number of nitrogens with one attached hydrogen (secondary N) is 2. The third-order valence-corrected chi connectivity index (χ3v) is 4.17. The summed E-state index contributed by atoms with van der Waals surface area (Å²) in [5.41, 5.74) is 0.531. The molecular formula is C19H24N6O3. The highest BCUT2D eigenvalue weighted by Gasteiger charge is 2.26. The van der Waals surface area contributed by atoms with Crippen molar-refractivity contribution in [1.82, 2.24) is 30.6 Å². The van der Waals surface area contributed by atoms with Crippen molar-refractivity contribution >= 4 is 5.91 Å². The zero-order chi connectivity index (χ0) is 19.9. The maximum atomic E-state index is 12.7. The summed E-state index contributed by atoms with van der Waals surface area (Å²) in [6.45, 7) is 6.71. The van der Waals surface area contributed by atoms with Gasteiger partial charge in [0.15, 0.2) is 5.82 Å². The van der Waals surface area contributed by atoms with E-state index in [0.29, 0.717) is 29.7 Å². The highest BCUT2D eigenvalue weighted by Crippen LogP contribution is 2.23. The first-order valence-electron chi connectivity index (χ1n) is 9.31. The van der Waals surface area contributed by atoms with Crippen LogP contribution in [-0.2, 0) is 0 Å². The van der Waals surface area contributed by atoms with E-state index in [0.717, 1.165) is 18.6 Å². The van der Waals surface area contributed by atoms with Crippen molar-refractivity contribution in [3.05, 3.63) is 42.0 Å². The summed E-state index contributed by atoms with van der Waals surface area (Å²) in [5.74, 6) is 1.58. The molecule has 1 aromatic carbocycles. The summed E-state index contributed by atoms with van der Waals surface area (Å²) >= 11 is 0. The van der Waals surface area contributed by atoms with E-state index in [4.69, 9.17) is 9.26 Å². The Kier molecular flexibility index (Phi) is 6.36. The summed E-state index contributed by atoms with van der Waals surface area (Å²) < 4.78 is 11.0. The molecule has 9 heteroatoms. The molecule has 2 heterocycles. The molecule has 0 bridgehead atoms. The molecule has 0 aliphatic carbocycles. The lowest BCUT2D eigenvalue weighted by molar-refractivity contribution is 0.0914. The Morgan fingerprint density at radius 1 is 1.29 bits per heavy atom. The third-order valence-electron chi connectivity index (χ3n) is 4.17. The van der Waals surface area contributed by atoms with Crippen LogP contribution in [0.15, 0.2) is 35.1 Å². The topological polar surface area (TPSA) is 119 Å². The van der Waals surface area contributed by atoms with Crippen LogP contribution in [0.2, 0.25) is 0 Å². The Morgan fingerprint density at radius 2 is 2.07 bits per heavy atom. The Labute approximate surface area is 162 Å². The minimum Gasteiger partial charge on any atom is -0.494 e. The molecule has 0 aliphatic rings. The van der Waals surface area contributed by atoms with Crippen molar-refractivity contribution in [3.63, 3.8) is 0 Å². The van der Waals surface area contributed by atoms with Gasteiger partial charge in [-0.3, -0.25) is 9.89 Å². The lowest BCUT2D eigenvalue weighted by atomic mass is 10.0. The average Bonchev–Trinajstić information content (AvgIpc) is 3.38. The molecule has 2 N–H and O–H groups in total. The second-order valence-corrected chi connectivity index (χ2v) is 6.71. The minimum absolute atomic E-state index is 0.0450. The molecule has 2 aromatic heterocycles. The lowest BCUT2D eigenvalue weighted by Crippen LogP contribution is -2.32. The van der Waals surface area contributed by atoms with Gasteiger partial charge in [-0.05, 0) is 36.6 Å². The van der Waals surface area contributed by atoms with E-state index in [1.807, 2.05) is 13.8 Å². The molecule has 3 aromatic rings. The molecule has 0 radical (unpaired) electrons. The van der Waals surface area contributed by atoms with E-state index < -0.39 is 6.04 Å². The molecule has 0 aliphatic heterocycles. The second kappa shape index (κ2) is 9.12. The highest BCUT2D eigenvalue weighted by molar-refractivity contribution is 5.94. The summed E-state index contributed by atoms with van der Waals surface area (Å²) in [5, 5.41) is 13.3. The zero-order valence-corrected chi connectivity index (χ0v) is 16.2. The van der Waals surface area contributed by atoms with E-state index >= 15 is 0 Å². The van der Waals surface area contributed by atoms with Crippen LogP contribution in [-0.4, -0.2) is 37.8 Å². The predicted molar refractivity (Wildman–Crippen MR) is 102 cm³/mol. The fourth-order valence-corrected chi connectivity index (χ4v) is 2.55. The molecule has 0 spiro atoms. The number of unbranched alkanes of at least 4 members (excludes halogenated alkanes) is 1. The van der Waals surface area contributed by atoms with Crippen molar-refractivity contribution in [3.8, 4) is 17.4 Å². The average molecular weight is 384 g/mol. The van der Waals surface area contributed by atoms with Crippen molar-refractivity contribution in [2.75, 3.05) is 6.61 Å². The number of nitrogens with zero attached hydrogens (tertiary/aromatic N) is 4. The largest absolute Gasteiger partial charge is 0.494 e. The first-order chi connectivity index (χ1) is 13.6. The SMILES string of the molecule is CCCCOc1ccc(C(=O)N[C@@H](c2nc(-c3ncn[nH]3)no2)C(C)C)cc1. The lowest BCUT2D eigenvalue weighted by Gasteiger charge is -2.18. The zero-order valence-electron chi connectivity index (χ0n) is 16.2. The molecular weight excluding hydrogens is 360 g/mol. The number of ether oxygens (including phenoxy) is 1. The van der Waals surface area contributed by atoms with Gasteiger partial charge < -0.3 is 14.6 Å². The number of benzene rings is 1. The van der Waals surface area contributed by atoms with Crippen LogP contribution in [0, 0.1) is 5.92 Å². The van der Waals surface area contributed by atoms with Gasteiger partial charge in [0.25, 0.3) is 5.91 Å². The van der Waals surface area contributed by atoms with Crippen LogP contribution in [0.25, 0.3) is 11.6 Å². The van der Waals surface area contributed by atoms with Crippen LogP contribution in [0.5, 0.6) is 5.75 Å². The number of H-pyrrole nitrogens is 1. The van der Waals surface area contributed by atoms with Crippen LogP contribution in [0.3, 0.4) is 0 Å². The van der Waals surface area contributed by atoms with Gasteiger partial charge in [-0.2, -0.15) is 10.1 Å². The van der Waals surface area contributed by atoms with Gasteiger partial charge in [0.1, 0.15) is 18.1 Å². The number of carbonyl (C=O) groups is 1. The number of hydrogen-bond donors (Lipinski definition) is 2.